The van der Waals surface area contributed by atoms with Gasteiger partial charge in [0, 0.05) is 31.9 Å². The third kappa shape index (κ3) is 6.85. The van der Waals surface area contributed by atoms with E-state index >= 15 is 0 Å². The van der Waals surface area contributed by atoms with Gasteiger partial charge in [0.15, 0.2) is 11.5 Å². The van der Waals surface area contributed by atoms with Gasteiger partial charge in [-0.1, -0.05) is 23.8 Å². The minimum Gasteiger partial charge on any atom is -0.493 e. The molecule has 0 saturated carbocycles. The summed E-state index contributed by atoms with van der Waals surface area (Å²) < 4.78 is 45.1. The fourth-order valence-corrected chi connectivity index (χ4v) is 4.78. The number of amides is 1. The van der Waals surface area contributed by atoms with E-state index in [4.69, 9.17) is 17.8 Å². The predicted molar refractivity (Wildman–Crippen MR) is 140 cm³/mol. The zero-order valence-electron chi connectivity index (χ0n) is 21.0. The highest BCUT2D eigenvalue weighted by Crippen LogP contribution is 2.28. The molecule has 3 aromatic rings. The maximum Gasteiger partial charge on any atom is 0.500 e. The average molecular weight is 527 g/mol. The molecule has 1 fully saturated rings. The molecule has 0 aromatic heterocycles. The third-order valence-electron chi connectivity index (χ3n) is 6.06. The molecule has 1 heterocycles. The van der Waals surface area contributed by atoms with Crippen molar-refractivity contribution < 1.29 is 31.1 Å². The Kier molecular flexibility index (Phi) is 8.08. The van der Waals surface area contributed by atoms with Crippen LogP contribution in [0.15, 0.2) is 66.7 Å². The Morgan fingerprint density at radius 2 is 1.35 bits per heavy atom. The van der Waals surface area contributed by atoms with Crippen molar-refractivity contribution in [2.75, 3.05) is 45.3 Å². The van der Waals surface area contributed by atoms with Gasteiger partial charge in [0.05, 0.1) is 20.6 Å². The Morgan fingerprint density at radius 1 is 0.784 bits per heavy atom. The largest absolute Gasteiger partial charge is 0.500 e. The van der Waals surface area contributed by atoms with E-state index in [2.05, 4.69) is 4.90 Å². The first-order chi connectivity index (χ1) is 17.8. The van der Waals surface area contributed by atoms with Crippen molar-refractivity contribution in [2.45, 2.75) is 13.3 Å². The molecule has 0 atom stereocenters. The number of ether oxygens (including phenoxy) is 2. The Hall–Kier alpha value is -3.92. The van der Waals surface area contributed by atoms with Crippen molar-refractivity contribution in [2.24, 2.45) is 0 Å². The van der Waals surface area contributed by atoms with E-state index in [0.717, 1.165) is 16.8 Å². The number of hydrogen-bond acceptors (Lipinski definition) is 8. The van der Waals surface area contributed by atoms with Crippen LogP contribution in [0.1, 0.15) is 11.1 Å². The normalized spacial score (nSPS) is 13.7. The lowest BCUT2D eigenvalue weighted by Crippen LogP contribution is -2.49. The van der Waals surface area contributed by atoms with E-state index in [1.807, 2.05) is 24.0 Å². The molecule has 0 aliphatic carbocycles. The molecule has 10 heteroatoms. The summed E-state index contributed by atoms with van der Waals surface area (Å²) in [5, 5.41) is 0. The van der Waals surface area contributed by atoms with Gasteiger partial charge in [-0.15, -0.1) is 8.42 Å². The lowest BCUT2D eigenvalue weighted by molar-refractivity contribution is -0.130. The fraction of sp³-hybridized carbons (Fsp3) is 0.296. The minimum atomic E-state index is -4.26. The lowest BCUT2D eigenvalue weighted by Gasteiger charge is -2.36. The quantitative estimate of drug-likeness (QED) is 0.418. The third-order valence-corrected chi connectivity index (χ3v) is 6.85. The summed E-state index contributed by atoms with van der Waals surface area (Å²) in [6.07, 6.45) is 0.283. The maximum atomic E-state index is 12.8. The number of anilines is 1. The second kappa shape index (κ2) is 11.4. The van der Waals surface area contributed by atoms with Crippen LogP contribution in [0.4, 0.5) is 5.69 Å². The van der Waals surface area contributed by atoms with Gasteiger partial charge >= 0.3 is 10.4 Å². The van der Waals surface area contributed by atoms with Gasteiger partial charge in [-0.2, -0.15) is 0 Å². The highest BCUT2D eigenvalue weighted by Gasteiger charge is 2.22. The van der Waals surface area contributed by atoms with Crippen molar-refractivity contribution in [1.29, 1.82) is 0 Å². The van der Waals surface area contributed by atoms with Crippen molar-refractivity contribution in [1.82, 2.24) is 4.90 Å². The van der Waals surface area contributed by atoms with E-state index < -0.39 is 10.4 Å². The Bertz CT molecular complexity index is 1320. The minimum absolute atomic E-state index is 0.0504. The molecule has 37 heavy (non-hydrogen) atoms. The summed E-state index contributed by atoms with van der Waals surface area (Å²) in [7, 11) is -1.12. The molecule has 0 bridgehead atoms. The molecule has 1 saturated heterocycles. The van der Waals surface area contributed by atoms with Gasteiger partial charge in [0.1, 0.15) is 11.5 Å². The molecule has 196 valence electrons. The average Bonchev–Trinajstić information content (AvgIpc) is 2.90. The van der Waals surface area contributed by atoms with Gasteiger partial charge in [-0.3, -0.25) is 4.79 Å². The number of benzene rings is 3. The van der Waals surface area contributed by atoms with Crippen LogP contribution in [-0.4, -0.2) is 59.6 Å². The van der Waals surface area contributed by atoms with Gasteiger partial charge in [-0.25, -0.2) is 0 Å². The molecule has 0 unspecified atom stereocenters. The zero-order chi connectivity index (χ0) is 26.4. The number of aryl methyl sites for hydroxylation is 1. The summed E-state index contributed by atoms with van der Waals surface area (Å²) >= 11 is 0. The highest BCUT2D eigenvalue weighted by atomic mass is 32.3. The second-order valence-electron chi connectivity index (χ2n) is 8.62. The summed E-state index contributed by atoms with van der Waals surface area (Å²) in [5.41, 5.74) is 2.77. The molecule has 0 spiro atoms. The Morgan fingerprint density at radius 3 is 1.92 bits per heavy atom. The zero-order valence-corrected chi connectivity index (χ0v) is 21.9. The van der Waals surface area contributed by atoms with Crippen molar-refractivity contribution in [3.05, 3.63) is 77.9 Å². The number of hydrogen-bond donors (Lipinski definition) is 0. The molecule has 0 N–H and O–H groups in total. The first kappa shape index (κ1) is 26.2. The van der Waals surface area contributed by atoms with Crippen molar-refractivity contribution in [3.63, 3.8) is 0 Å². The molecule has 1 amide bonds. The summed E-state index contributed by atoms with van der Waals surface area (Å²) in [6, 6.07) is 18.9. The first-order valence-electron chi connectivity index (χ1n) is 11.8. The van der Waals surface area contributed by atoms with Crippen molar-refractivity contribution in [3.8, 4) is 23.0 Å². The van der Waals surface area contributed by atoms with E-state index in [-0.39, 0.29) is 23.8 Å². The summed E-state index contributed by atoms with van der Waals surface area (Å²) in [5.74, 6) is 1.61. The molecule has 3 aromatic carbocycles. The first-order valence-corrected chi connectivity index (χ1v) is 13.1. The van der Waals surface area contributed by atoms with E-state index in [1.54, 1.807) is 68.8 Å². The van der Waals surface area contributed by atoms with Crippen LogP contribution in [0.2, 0.25) is 0 Å². The number of rotatable bonds is 9. The number of methoxy groups -OCH3 is 2. The SMILES string of the molecule is COc1ccc(CC(=O)N2CCN(c3ccc(OS(=O)(=O)Oc4ccc(C)cc4)cc3)CC2)cc1OC. The predicted octanol–water partition coefficient (Wildman–Crippen LogP) is 3.61. The van der Waals surface area contributed by atoms with E-state index in [9.17, 15) is 13.2 Å². The lowest BCUT2D eigenvalue weighted by atomic mass is 10.1. The Balaban J connectivity index is 1.29. The molecule has 1 aliphatic rings. The number of carbonyl (C=O) groups excluding carboxylic acids is 1. The van der Waals surface area contributed by atoms with E-state index in [0.29, 0.717) is 37.7 Å². The maximum absolute atomic E-state index is 12.8. The number of nitrogens with zero attached hydrogens (tertiary/aromatic N) is 2. The van der Waals surface area contributed by atoms with Crippen molar-refractivity contribution >= 4 is 22.0 Å². The highest BCUT2D eigenvalue weighted by molar-refractivity contribution is 7.82. The van der Waals surface area contributed by atoms with Gasteiger partial charge in [-0.05, 0) is 61.0 Å². The fourth-order valence-electron chi connectivity index (χ4n) is 4.05. The summed E-state index contributed by atoms with van der Waals surface area (Å²) in [6.45, 7) is 4.39. The van der Waals surface area contributed by atoms with Gasteiger partial charge in [0.25, 0.3) is 0 Å². The van der Waals surface area contributed by atoms with Gasteiger partial charge < -0.3 is 27.6 Å². The van der Waals surface area contributed by atoms with E-state index in [1.165, 1.54) is 0 Å². The van der Waals surface area contributed by atoms with Crippen LogP contribution < -0.4 is 22.7 Å². The number of piperazine rings is 1. The molecule has 4 rings (SSSR count). The molecular weight excluding hydrogens is 496 g/mol. The standard InChI is InChI=1S/C27H30N2O7S/c1-20-4-9-23(10-5-20)35-37(31,32)36-24-11-7-22(8-12-24)28-14-16-29(17-15-28)27(30)19-21-6-13-25(33-2)26(18-21)34-3/h4-13,18H,14-17,19H2,1-3H3. The van der Waals surface area contributed by atoms with Gasteiger partial charge in [0.2, 0.25) is 5.91 Å². The summed E-state index contributed by atoms with van der Waals surface area (Å²) in [4.78, 5) is 16.8. The van der Waals surface area contributed by atoms with Crippen LogP contribution in [0, 0.1) is 6.92 Å². The topological polar surface area (TPSA) is 94.6 Å². The molecular formula is C27H30N2O7S. The van der Waals surface area contributed by atoms with Crippen LogP contribution >= 0.6 is 0 Å². The van der Waals surface area contributed by atoms with Crippen LogP contribution in [-0.2, 0) is 21.6 Å². The Labute approximate surface area is 217 Å². The number of carbonyl (C=O) groups is 1. The van der Waals surface area contributed by atoms with Crippen LogP contribution in [0.5, 0.6) is 23.0 Å². The molecule has 9 nitrogen and oxygen atoms in total. The smallest absolute Gasteiger partial charge is 0.493 e. The molecule has 0 radical (unpaired) electrons. The second-order valence-corrected chi connectivity index (χ2v) is 9.77. The molecule has 1 aliphatic heterocycles. The van der Waals surface area contributed by atoms with Crippen LogP contribution in [0.25, 0.3) is 0 Å². The monoisotopic (exact) mass is 526 g/mol. The van der Waals surface area contributed by atoms with Crippen LogP contribution in [0.3, 0.4) is 0 Å².